The van der Waals surface area contributed by atoms with Crippen LogP contribution in [0, 0.1) is 12.7 Å². The van der Waals surface area contributed by atoms with Crippen LogP contribution in [0.25, 0.3) is 0 Å². The second-order valence-electron chi connectivity index (χ2n) is 6.62. The number of hydrogen-bond acceptors (Lipinski definition) is 3. The zero-order chi connectivity index (χ0) is 18.0. The topological polar surface area (TPSA) is 69.7 Å². The summed E-state index contributed by atoms with van der Waals surface area (Å²) in [6, 6.07) is 4.57. The van der Waals surface area contributed by atoms with E-state index in [1.165, 1.54) is 11.0 Å². The van der Waals surface area contributed by atoms with Crippen LogP contribution >= 0.6 is 0 Å². The predicted molar refractivity (Wildman–Crippen MR) is 89.3 cm³/mol. The summed E-state index contributed by atoms with van der Waals surface area (Å²) in [5.74, 6) is -0.424. The molecular formula is C18H22FN3O3. The summed E-state index contributed by atoms with van der Waals surface area (Å²) in [7, 11) is 0. The zero-order valence-corrected chi connectivity index (χ0v) is 14.3. The van der Waals surface area contributed by atoms with Crippen molar-refractivity contribution in [3.8, 4) is 0 Å². The van der Waals surface area contributed by atoms with Crippen LogP contribution in [0.3, 0.4) is 0 Å². The number of likely N-dealkylation sites (tertiary alicyclic amines) is 1. The van der Waals surface area contributed by atoms with Gasteiger partial charge in [-0.2, -0.15) is 0 Å². The summed E-state index contributed by atoms with van der Waals surface area (Å²) >= 11 is 0. The van der Waals surface area contributed by atoms with E-state index >= 15 is 0 Å². The van der Waals surface area contributed by atoms with Crippen LogP contribution < -0.4 is 5.32 Å². The third-order valence-electron chi connectivity index (χ3n) is 4.92. The van der Waals surface area contributed by atoms with Gasteiger partial charge in [0.05, 0.1) is 6.54 Å². The molecule has 0 saturated carbocycles. The maximum atomic E-state index is 13.6. The fourth-order valence-electron chi connectivity index (χ4n) is 3.38. The minimum absolute atomic E-state index is 0.0247. The first-order valence-corrected chi connectivity index (χ1v) is 8.58. The Labute approximate surface area is 146 Å². The number of amides is 4. The van der Waals surface area contributed by atoms with Crippen molar-refractivity contribution < 1.29 is 18.8 Å². The number of carbonyl (C=O) groups excluding carboxylic acids is 3. The van der Waals surface area contributed by atoms with Crippen molar-refractivity contribution in [3.63, 3.8) is 0 Å². The fourth-order valence-corrected chi connectivity index (χ4v) is 3.38. The Hall–Kier alpha value is -2.44. The van der Waals surface area contributed by atoms with E-state index in [1.54, 1.807) is 17.9 Å². The van der Waals surface area contributed by atoms with Crippen molar-refractivity contribution in [2.75, 3.05) is 19.6 Å². The normalized spacial score (nSPS) is 18.6. The summed E-state index contributed by atoms with van der Waals surface area (Å²) in [5, 5.41) is 2.52. The molecule has 0 aliphatic carbocycles. The molecule has 0 radical (unpaired) electrons. The number of nitrogens with zero attached hydrogens (tertiary/aromatic N) is 2. The average molecular weight is 347 g/mol. The van der Waals surface area contributed by atoms with Crippen molar-refractivity contribution >= 4 is 17.8 Å². The first-order chi connectivity index (χ1) is 12.0. The summed E-state index contributed by atoms with van der Waals surface area (Å²) in [4.78, 5) is 38.8. The van der Waals surface area contributed by atoms with Gasteiger partial charge in [0.25, 0.3) is 0 Å². The maximum absolute atomic E-state index is 13.6. The highest BCUT2D eigenvalue weighted by molar-refractivity contribution is 6.02. The van der Waals surface area contributed by atoms with Crippen LogP contribution in [-0.2, 0) is 16.0 Å². The molecule has 6 nitrogen and oxygen atoms in total. The van der Waals surface area contributed by atoms with E-state index in [9.17, 15) is 18.8 Å². The first-order valence-electron chi connectivity index (χ1n) is 8.58. The summed E-state index contributed by atoms with van der Waals surface area (Å²) < 4.78 is 13.6. The molecular weight excluding hydrogens is 325 g/mol. The largest absolute Gasteiger partial charge is 0.343 e. The molecule has 0 spiro atoms. The molecule has 7 heteroatoms. The van der Waals surface area contributed by atoms with Crippen molar-refractivity contribution in [3.05, 3.63) is 35.1 Å². The van der Waals surface area contributed by atoms with Crippen LogP contribution in [0.2, 0.25) is 0 Å². The van der Waals surface area contributed by atoms with Gasteiger partial charge < -0.3 is 10.2 Å². The second kappa shape index (κ2) is 7.21. The molecule has 2 aliphatic rings. The van der Waals surface area contributed by atoms with E-state index in [4.69, 9.17) is 0 Å². The predicted octanol–water partition coefficient (Wildman–Crippen LogP) is 1.61. The van der Waals surface area contributed by atoms with Gasteiger partial charge in [-0.25, -0.2) is 9.18 Å². The number of benzene rings is 1. The molecule has 0 aromatic heterocycles. The van der Waals surface area contributed by atoms with Crippen molar-refractivity contribution in [2.45, 2.75) is 38.6 Å². The Morgan fingerprint density at radius 1 is 1.28 bits per heavy atom. The van der Waals surface area contributed by atoms with Crippen LogP contribution in [0.15, 0.2) is 18.2 Å². The van der Waals surface area contributed by atoms with Crippen molar-refractivity contribution in [1.29, 1.82) is 0 Å². The van der Waals surface area contributed by atoms with Crippen LogP contribution in [0.1, 0.15) is 30.4 Å². The van der Waals surface area contributed by atoms with E-state index in [0.29, 0.717) is 44.3 Å². The Balaban J connectivity index is 1.49. The van der Waals surface area contributed by atoms with Gasteiger partial charge in [-0.3, -0.25) is 14.5 Å². The number of nitrogens with one attached hydrogen (secondary N) is 1. The zero-order valence-electron chi connectivity index (χ0n) is 14.3. The first kappa shape index (κ1) is 17.4. The maximum Gasteiger partial charge on any atom is 0.324 e. The number of halogens is 1. The summed E-state index contributed by atoms with van der Waals surface area (Å²) in [6.45, 7) is 2.83. The van der Waals surface area contributed by atoms with Crippen molar-refractivity contribution in [1.82, 2.24) is 15.1 Å². The molecule has 0 atom stereocenters. The van der Waals surface area contributed by atoms with E-state index < -0.39 is 0 Å². The van der Waals surface area contributed by atoms with E-state index in [1.807, 2.05) is 6.07 Å². The quantitative estimate of drug-likeness (QED) is 0.842. The minimum Gasteiger partial charge on any atom is -0.343 e. The van der Waals surface area contributed by atoms with Gasteiger partial charge in [-0.1, -0.05) is 12.1 Å². The lowest BCUT2D eigenvalue weighted by atomic mass is 10.0. The van der Waals surface area contributed by atoms with Gasteiger partial charge in [-0.05, 0) is 43.4 Å². The number of imide groups is 1. The molecule has 134 valence electrons. The molecule has 1 N–H and O–H groups in total. The highest BCUT2D eigenvalue weighted by Gasteiger charge is 2.37. The molecule has 2 heterocycles. The lowest BCUT2D eigenvalue weighted by Crippen LogP contribution is -2.49. The smallest absolute Gasteiger partial charge is 0.324 e. The fraction of sp³-hybridized carbons (Fsp3) is 0.500. The molecule has 25 heavy (non-hydrogen) atoms. The van der Waals surface area contributed by atoms with Crippen LogP contribution in [-0.4, -0.2) is 53.3 Å². The highest BCUT2D eigenvalue weighted by Crippen LogP contribution is 2.20. The van der Waals surface area contributed by atoms with Crippen LogP contribution in [0.5, 0.6) is 0 Å². The number of piperidine rings is 1. The molecule has 0 bridgehead atoms. The van der Waals surface area contributed by atoms with E-state index in [-0.39, 0.29) is 36.2 Å². The number of urea groups is 1. The molecule has 1 aromatic rings. The van der Waals surface area contributed by atoms with Gasteiger partial charge in [0.2, 0.25) is 11.8 Å². The summed E-state index contributed by atoms with van der Waals surface area (Å²) in [5.41, 5.74) is 1.41. The van der Waals surface area contributed by atoms with E-state index in [2.05, 4.69) is 5.32 Å². The lowest BCUT2D eigenvalue weighted by Gasteiger charge is -2.35. The second-order valence-corrected chi connectivity index (χ2v) is 6.62. The molecule has 3 rings (SSSR count). The Morgan fingerprint density at radius 3 is 2.60 bits per heavy atom. The molecule has 0 unspecified atom stereocenters. The van der Waals surface area contributed by atoms with Gasteiger partial charge in [-0.15, -0.1) is 0 Å². The standard InChI is InChI=1S/C18H22FN3O3/c1-12-2-3-13(10-15(12)19)4-5-16(23)21-8-6-14(7-9-21)22-17(24)11-20-18(22)25/h2-3,10,14H,4-9,11H2,1H3,(H,20,25). The minimum atomic E-state index is -0.337. The molecule has 2 fully saturated rings. The van der Waals surface area contributed by atoms with Crippen LogP contribution in [0.4, 0.5) is 9.18 Å². The van der Waals surface area contributed by atoms with E-state index in [0.717, 1.165) is 5.56 Å². The van der Waals surface area contributed by atoms with Crippen molar-refractivity contribution in [2.24, 2.45) is 0 Å². The van der Waals surface area contributed by atoms with Gasteiger partial charge in [0.15, 0.2) is 0 Å². The lowest BCUT2D eigenvalue weighted by molar-refractivity contribution is -0.133. The van der Waals surface area contributed by atoms with Gasteiger partial charge in [0, 0.05) is 25.6 Å². The number of aryl methyl sites for hydroxylation is 2. The van der Waals surface area contributed by atoms with Gasteiger partial charge in [0.1, 0.15) is 5.82 Å². The van der Waals surface area contributed by atoms with Gasteiger partial charge >= 0.3 is 6.03 Å². The Bertz CT molecular complexity index is 683. The molecule has 2 saturated heterocycles. The average Bonchev–Trinajstić information content (AvgIpc) is 2.94. The highest BCUT2D eigenvalue weighted by atomic mass is 19.1. The number of rotatable bonds is 4. The molecule has 4 amide bonds. The monoisotopic (exact) mass is 347 g/mol. The Kier molecular flexibility index (Phi) is 5.01. The SMILES string of the molecule is Cc1ccc(CCC(=O)N2CCC(N3C(=O)CNC3=O)CC2)cc1F. The number of hydrogen-bond donors (Lipinski definition) is 1. The Morgan fingerprint density at radius 2 is 2.00 bits per heavy atom. The third-order valence-corrected chi connectivity index (χ3v) is 4.92. The number of carbonyl (C=O) groups is 3. The molecule has 1 aromatic carbocycles. The third kappa shape index (κ3) is 3.81. The molecule has 2 aliphatic heterocycles. The summed E-state index contributed by atoms with van der Waals surface area (Å²) in [6.07, 6.45) is 2.04.